The van der Waals surface area contributed by atoms with Gasteiger partial charge in [-0.25, -0.2) is 13.9 Å². The second kappa shape index (κ2) is 6.04. The van der Waals surface area contributed by atoms with Crippen molar-refractivity contribution in [1.29, 1.82) is 0 Å². The molecular weight excluding hydrogens is 317 g/mol. The number of carboxylic acid groups (broad SMARTS) is 1. The smallest absolute Gasteiger partial charge is 0.331 e. The second-order valence-electron chi connectivity index (χ2n) is 5.73. The van der Waals surface area contributed by atoms with Crippen molar-refractivity contribution in [2.24, 2.45) is 0 Å². The van der Waals surface area contributed by atoms with Crippen LogP contribution >= 0.6 is 0 Å². The summed E-state index contributed by atoms with van der Waals surface area (Å²) >= 11 is 0. The maximum Gasteiger partial charge on any atom is 0.331 e. The van der Waals surface area contributed by atoms with Crippen LogP contribution in [0.25, 0.3) is 5.69 Å². The minimum Gasteiger partial charge on any atom is -0.479 e. The topological polar surface area (TPSA) is 93.5 Å². The Morgan fingerprint density at radius 1 is 1.38 bits per heavy atom. The number of nitrogens with one attached hydrogen (secondary N) is 1. The van der Waals surface area contributed by atoms with E-state index in [1.165, 1.54) is 28.9 Å². The van der Waals surface area contributed by atoms with Crippen LogP contribution in [-0.4, -0.2) is 45.5 Å². The second-order valence-corrected chi connectivity index (χ2v) is 5.73. The van der Waals surface area contributed by atoms with Crippen LogP contribution < -0.4 is 5.32 Å². The number of carboxylic acids is 1. The third-order valence-corrected chi connectivity index (χ3v) is 3.99. The van der Waals surface area contributed by atoms with Crippen LogP contribution in [0.2, 0.25) is 0 Å². The Morgan fingerprint density at radius 2 is 2.08 bits per heavy atom. The summed E-state index contributed by atoms with van der Waals surface area (Å²) in [5.74, 6) is -2.09. The van der Waals surface area contributed by atoms with Crippen molar-refractivity contribution in [3.63, 3.8) is 0 Å². The Labute approximate surface area is 137 Å². The van der Waals surface area contributed by atoms with Crippen LogP contribution in [0.15, 0.2) is 30.5 Å². The molecule has 8 heteroatoms. The van der Waals surface area contributed by atoms with Gasteiger partial charge in [0.1, 0.15) is 5.82 Å². The highest BCUT2D eigenvalue weighted by Crippen LogP contribution is 2.20. The Bertz CT molecular complexity index is 779. The van der Waals surface area contributed by atoms with E-state index in [0.29, 0.717) is 11.3 Å². The number of benzene rings is 1. The Hall–Kier alpha value is -2.74. The number of carbonyl (C=O) groups is 2. The van der Waals surface area contributed by atoms with Crippen molar-refractivity contribution < 1.29 is 23.8 Å². The largest absolute Gasteiger partial charge is 0.479 e. The molecule has 2 aromatic rings. The summed E-state index contributed by atoms with van der Waals surface area (Å²) in [5, 5.41) is 16.1. The molecule has 1 fully saturated rings. The zero-order valence-electron chi connectivity index (χ0n) is 13.0. The van der Waals surface area contributed by atoms with Crippen LogP contribution in [0.3, 0.4) is 0 Å². The predicted octanol–water partition coefficient (Wildman–Crippen LogP) is 1.29. The van der Waals surface area contributed by atoms with Crippen molar-refractivity contribution >= 4 is 11.9 Å². The minimum atomic E-state index is -1.43. The van der Waals surface area contributed by atoms with Gasteiger partial charge in [0.15, 0.2) is 11.2 Å². The van der Waals surface area contributed by atoms with Gasteiger partial charge in [0, 0.05) is 24.8 Å². The van der Waals surface area contributed by atoms with Crippen LogP contribution in [0.5, 0.6) is 0 Å². The van der Waals surface area contributed by atoms with Gasteiger partial charge in [0.05, 0.1) is 12.3 Å². The summed E-state index contributed by atoms with van der Waals surface area (Å²) in [5.41, 5.74) is -0.137. The number of halogens is 1. The molecule has 0 aliphatic carbocycles. The summed E-state index contributed by atoms with van der Waals surface area (Å²) in [6, 6.07) is 5.66. The normalized spacial score (nSPS) is 20.1. The van der Waals surface area contributed by atoms with Crippen LogP contribution in [-0.2, 0) is 9.53 Å². The number of aryl methyl sites for hydroxylation is 1. The fraction of sp³-hybridized carbons (Fsp3) is 0.312. The van der Waals surface area contributed by atoms with Gasteiger partial charge in [0.2, 0.25) is 0 Å². The van der Waals surface area contributed by atoms with E-state index in [9.17, 15) is 19.1 Å². The van der Waals surface area contributed by atoms with E-state index in [1.807, 2.05) is 0 Å². The molecule has 1 saturated heterocycles. The van der Waals surface area contributed by atoms with Crippen molar-refractivity contribution in [2.75, 3.05) is 13.2 Å². The maximum atomic E-state index is 13.0. The average molecular weight is 333 g/mol. The number of rotatable bonds is 4. The Balaban J connectivity index is 1.85. The molecule has 2 N–H and O–H groups in total. The monoisotopic (exact) mass is 333 g/mol. The first-order valence-corrected chi connectivity index (χ1v) is 7.37. The zero-order chi connectivity index (χ0) is 17.3. The van der Waals surface area contributed by atoms with Gasteiger partial charge < -0.3 is 15.2 Å². The fourth-order valence-corrected chi connectivity index (χ4v) is 2.57. The van der Waals surface area contributed by atoms with Crippen molar-refractivity contribution in [3.8, 4) is 5.69 Å². The molecule has 2 heterocycles. The van der Waals surface area contributed by atoms with Crippen molar-refractivity contribution in [3.05, 3.63) is 47.5 Å². The van der Waals surface area contributed by atoms with E-state index >= 15 is 0 Å². The van der Waals surface area contributed by atoms with Gasteiger partial charge in [-0.15, -0.1) is 0 Å². The SMILES string of the molecule is Cc1cn(-c2ccc(F)cc2)nc1C(=O)NC1(C(=O)O)CCOC1. The third-order valence-electron chi connectivity index (χ3n) is 3.99. The first-order chi connectivity index (χ1) is 11.4. The van der Waals surface area contributed by atoms with Gasteiger partial charge in [-0.3, -0.25) is 4.79 Å². The summed E-state index contributed by atoms with van der Waals surface area (Å²) < 4.78 is 19.6. The molecule has 7 nitrogen and oxygen atoms in total. The number of aromatic nitrogens is 2. The molecule has 24 heavy (non-hydrogen) atoms. The standard InChI is InChI=1S/C16H16FN3O4/c1-10-8-20(12-4-2-11(17)3-5-12)19-13(10)14(21)18-16(15(22)23)6-7-24-9-16/h2-5,8H,6-7,9H2,1H3,(H,18,21)(H,22,23). The third kappa shape index (κ3) is 2.88. The summed E-state index contributed by atoms with van der Waals surface area (Å²) in [7, 11) is 0. The molecule has 0 bridgehead atoms. The van der Waals surface area contributed by atoms with E-state index in [1.54, 1.807) is 13.1 Å². The molecule has 3 rings (SSSR count). The molecule has 1 aromatic heterocycles. The summed E-state index contributed by atoms with van der Waals surface area (Å²) in [4.78, 5) is 23.9. The van der Waals surface area contributed by atoms with Gasteiger partial charge in [0.25, 0.3) is 5.91 Å². The minimum absolute atomic E-state index is 0.0776. The molecule has 0 saturated carbocycles. The van der Waals surface area contributed by atoms with E-state index in [-0.39, 0.29) is 31.1 Å². The lowest BCUT2D eigenvalue weighted by atomic mass is 9.98. The first kappa shape index (κ1) is 16.1. The number of carbonyl (C=O) groups excluding carboxylic acids is 1. The highest BCUT2D eigenvalue weighted by molar-refractivity contribution is 5.97. The molecule has 1 aliphatic heterocycles. The van der Waals surface area contributed by atoms with Gasteiger partial charge in [-0.2, -0.15) is 5.10 Å². The van der Waals surface area contributed by atoms with Crippen LogP contribution in [0.4, 0.5) is 4.39 Å². The van der Waals surface area contributed by atoms with Gasteiger partial charge in [-0.05, 0) is 31.2 Å². The quantitative estimate of drug-likeness (QED) is 0.879. The molecule has 0 spiro atoms. The Morgan fingerprint density at radius 3 is 2.67 bits per heavy atom. The molecule has 1 aromatic carbocycles. The lowest BCUT2D eigenvalue weighted by Gasteiger charge is -2.23. The number of hydrogen-bond donors (Lipinski definition) is 2. The Kier molecular flexibility index (Phi) is 4.06. The molecule has 1 unspecified atom stereocenters. The first-order valence-electron chi connectivity index (χ1n) is 7.37. The lowest BCUT2D eigenvalue weighted by Crippen LogP contribution is -2.55. The number of hydrogen-bond acceptors (Lipinski definition) is 4. The molecule has 1 aliphatic rings. The van der Waals surface area contributed by atoms with Crippen LogP contribution in [0, 0.1) is 12.7 Å². The molecule has 1 atom stereocenters. The van der Waals surface area contributed by atoms with Gasteiger partial charge >= 0.3 is 5.97 Å². The van der Waals surface area contributed by atoms with E-state index in [4.69, 9.17) is 4.74 Å². The van der Waals surface area contributed by atoms with Crippen LogP contribution in [0.1, 0.15) is 22.5 Å². The maximum absolute atomic E-state index is 13.0. The zero-order valence-corrected chi connectivity index (χ0v) is 13.0. The number of nitrogens with zero attached hydrogens (tertiary/aromatic N) is 2. The average Bonchev–Trinajstić information content (AvgIpc) is 3.16. The van der Waals surface area contributed by atoms with E-state index in [2.05, 4.69) is 10.4 Å². The highest BCUT2D eigenvalue weighted by atomic mass is 19.1. The number of amides is 1. The van der Waals surface area contributed by atoms with Crippen molar-refractivity contribution in [1.82, 2.24) is 15.1 Å². The van der Waals surface area contributed by atoms with E-state index < -0.39 is 17.4 Å². The summed E-state index contributed by atoms with van der Waals surface area (Å²) in [6.07, 6.45) is 1.83. The van der Waals surface area contributed by atoms with Crippen molar-refractivity contribution in [2.45, 2.75) is 18.9 Å². The molecule has 0 radical (unpaired) electrons. The lowest BCUT2D eigenvalue weighted by molar-refractivity contribution is -0.144. The van der Waals surface area contributed by atoms with Gasteiger partial charge in [-0.1, -0.05) is 0 Å². The summed E-state index contributed by atoms with van der Waals surface area (Å²) in [6.45, 7) is 1.89. The van der Waals surface area contributed by atoms with E-state index in [0.717, 1.165) is 0 Å². The molecular formula is C16H16FN3O4. The fourth-order valence-electron chi connectivity index (χ4n) is 2.57. The number of ether oxygens (including phenoxy) is 1. The highest BCUT2D eigenvalue weighted by Gasteiger charge is 2.44. The molecule has 126 valence electrons. The number of aliphatic carboxylic acids is 1. The molecule has 1 amide bonds. The predicted molar refractivity (Wildman–Crippen MR) is 81.5 cm³/mol.